The zero-order chi connectivity index (χ0) is 25.5. The van der Waals surface area contributed by atoms with E-state index in [4.69, 9.17) is 16.0 Å². The number of amides is 2. The average Bonchev–Trinajstić information content (AvgIpc) is 3.39. The number of rotatable bonds is 10. The number of anilines is 1. The van der Waals surface area contributed by atoms with Crippen LogP contribution in [0.2, 0.25) is 5.02 Å². The van der Waals surface area contributed by atoms with Gasteiger partial charge in [0.2, 0.25) is 11.8 Å². The maximum atomic E-state index is 13.2. The first-order chi connectivity index (χ1) is 17.4. The minimum atomic E-state index is -0.244. The molecule has 2 aromatic heterocycles. The van der Waals surface area contributed by atoms with Crippen LogP contribution < -0.4 is 16.2 Å². The maximum absolute atomic E-state index is 13.2. The van der Waals surface area contributed by atoms with E-state index in [0.29, 0.717) is 52.0 Å². The van der Waals surface area contributed by atoms with E-state index in [-0.39, 0.29) is 29.5 Å². The lowest BCUT2D eigenvalue weighted by atomic mass is 10.2. The summed E-state index contributed by atoms with van der Waals surface area (Å²) in [6.07, 6.45) is 2.22. The average molecular weight is 525 g/mol. The molecule has 0 saturated carbocycles. The van der Waals surface area contributed by atoms with Crippen LogP contribution in [0.25, 0.3) is 10.9 Å². The molecule has 2 aromatic carbocycles. The van der Waals surface area contributed by atoms with Crippen molar-refractivity contribution in [2.75, 3.05) is 11.1 Å². The van der Waals surface area contributed by atoms with Crippen molar-refractivity contribution in [1.29, 1.82) is 0 Å². The van der Waals surface area contributed by atoms with Gasteiger partial charge in [-0.15, -0.1) is 0 Å². The van der Waals surface area contributed by atoms with Gasteiger partial charge < -0.3 is 15.1 Å². The van der Waals surface area contributed by atoms with E-state index in [1.54, 1.807) is 48.7 Å². The van der Waals surface area contributed by atoms with Gasteiger partial charge in [0, 0.05) is 23.7 Å². The van der Waals surface area contributed by atoms with Crippen LogP contribution in [0.3, 0.4) is 0 Å². The normalized spacial score (nSPS) is 10.9. The number of carbonyl (C=O) groups is 2. The number of carbonyl (C=O) groups excluding carboxylic acids is 2. The molecule has 2 amide bonds. The number of hydrogen-bond acceptors (Lipinski definition) is 6. The van der Waals surface area contributed by atoms with Crippen molar-refractivity contribution in [2.45, 2.75) is 38.0 Å². The molecule has 186 valence electrons. The lowest BCUT2D eigenvalue weighted by Gasteiger charge is -2.13. The van der Waals surface area contributed by atoms with E-state index in [9.17, 15) is 14.4 Å². The van der Waals surface area contributed by atoms with Gasteiger partial charge in [-0.05, 0) is 55.3 Å². The third kappa shape index (κ3) is 6.56. The molecule has 36 heavy (non-hydrogen) atoms. The molecule has 0 atom stereocenters. The Morgan fingerprint density at radius 3 is 2.72 bits per heavy atom. The molecule has 10 heteroatoms. The van der Waals surface area contributed by atoms with Crippen LogP contribution in [0.5, 0.6) is 0 Å². The van der Waals surface area contributed by atoms with Gasteiger partial charge in [-0.2, -0.15) is 0 Å². The molecular weight excluding hydrogens is 500 g/mol. The first kappa shape index (κ1) is 25.5. The third-order valence-electron chi connectivity index (χ3n) is 5.44. The van der Waals surface area contributed by atoms with E-state index >= 15 is 0 Å². The Balaban J connectivity index is 1.42. The smallest absolute Gasteiger partial charge is 0.262 e. The van der Waals surface area contributed by atoms with E-state index in [1.165, 1.54) is 16.3 Å². The van der Waals surface area contributed by atoms with E-state index in [0.717, 1.165) is 5.56 Å². The van der Waals surface area contributed by atoms with Crippen LogP contribution in [-0.2, 0) is 22.7 Å². The monoisotopic (exact) mass is 524 g/mol. The Kier molecular flexibility index (Phi) is 8.45. The summed E-state index contributed by atoms with van der Waals surface area (Å²) in [6, 6.07) is 15.9. The first-order valence-electron chi connectivity index (χ1n) is 11.4. The second-order valence-corrected chi connectivity index (χ2v) is 9.48. The number of furan rings is 1. The summed E-state index contributed by atoms with van der Waals surface area (Å²) in [4.78, 5) is 42.6. The van der Waals surface area contributed by atoms with Crippen molar-refractivity contribution in [3.63, 3.8) is 0 Å². The van der Waals surface area contributed by atoms with Crippen LogP contribution in [-0.4, -0.2) is 27.1 Å². The highest BCUT2D eigenvalue weighted by atomic mass is 35.5. The van der Waals surface area contributed by atoms with Crippen molar-refractivity contribution < 1.29 is 14.0 Å². The molecule has 2 heterocycles. The fourth-order valence-corrected chi connectivity index (χ4v) is 4.54. The summed E-state index contributed by atoms with van der Waals surface area (Å²) in [5.74, 6) is 0.341. The largest absolute Gasteiger partial charge is 0.467 e. The summed E-state index contributed by atoms with van der Waals surface area (Å²) in [7, 11) is 0. The number of hydrogen-bond donors (Lipinski definition) is 2. The molecule has 0 aliphatic heterocycles. The SMILES string of the molecule is Cc1ccc(NC(=O)CSc2nc3ccccc3c(=O)n2CCCC(=O)NCc2ccco2)cc1Cl. The second kappa shape index (κ2) is 11.9. The standard InChI is InChI=1S/C26H25ClN4O4S/c1-17-10-11-18(14-21(17)27)29-24(33)16-36-26-30-22-8-3-2-7-20(22)25(34)31(26)12-4-9-23(32)28-15-19-6-5-13-35-19/h2-3,5-8,10-11,13-14H,4,9,12,15-16H2,1H3,(H,28,32)(H,29,33). The van der Waals surface area contributed by atoms with Crippen molar-refractivity contribution in [1.82, 2.24) is 14.9 Å². The van der Waals surface area contributed by atoms with Gasteiger partial charge in [0.1, 0.15) is 5.76 Å². The van der Waals surface area contributed by atoms with Crippen LogP contribution in [0, 0.1) is 6.92 Å². The molecule has 0 radical (unpaired) electrons. The molecule has 0 fully saturated rings. The number of aromatic nitrogens is 2. The highest BCUT2D eigenvalue weighted by molar-refractivity contribution is 7.99. The van der Waals surface area contributed by atoms with Gasteiger partial charge in [0.15, 0.2) is 5.16 Å². The van der Waals surface area contributed by atoms with Crippen LogP contribution >= 0.6 is 23.4 Å². The van der Waals surface area contributed by atoms with Crippen molar-refractivity contribution >= 4 is 51.8 Å². The van der Waals surface area contributed by atoms with E-state index in [2.05, 4.69) is 15.6 Å². The second-order valence-electron chi connectivity index (χ2n) is 8.13. The molecule has 4 rings (SSSR count). The fraction of sp³-hybridized carbons (Fsp3) is 0.231. The minimum Gasteiger partial charge on any atom is -0.467 e. The lowest BCUT2D eigenvalue weighted by Crippen LogP contribution is -2.26. The van der Waals surface area contributed by atoms with Crippen LogP contribution in [0.15, 0.2) is 75.2 Å². The van der Waals surface area contributed by atoms with Crippen molar-refractivity contribution in [3.05, 3.63) is 87.6 Å². The number of para-hydroxylation sites is 1. The molecule has 2 N–H and O–H groups in total. The van der Waals surface area contributed by atoms with Gasteiger partial charge in [0.25, 0.3) is 5.56 Å². The molecule has 8 nitrogen and oxygen atoms in total. The Morgan fingerprint density at radius 1 is 1.11 bits per heavy atom. The highest BCUT2D eigenvalue weighted by Crippen LogP contribution is 2.22. The quantitative estimate of drug-likeness (QED) is 0.228. The number of benzene rings is 2. The molecule has 0 aliphatic rings. The van der Waals surface area contributed by atoms with Crippen molar-refractivity contribution in [2.24, 2.45) is 0 Å². The highest BCUT2D eigenvalue weighted by Gasteiger charge is 2.14. The number of aryl methyl sites for hydroxylation is 1. The lowest BCUT2D eigenvalue weighted by molar-refractivity contribution is -0.121. The number of nitrogens with zero attached hydrogens (tertiary/aromatic N) is 2. The third-order valence-corrected chi connectivity index (χ3v) is 6.82. The molecule has 0 saturated heterocycles. The number of fused-ring (bicyclic) bond motifs is 1. The Hall–Kier alpha value is -3.56. The Labute approximate surface area is 217 Å². The van der Waals surface area contributed by atoms with Gasteiger partial charge in [-0.25, -0.2) is 4.98 Å². The summed E-state index contributed by atoms with van der Waals surface area (Å²) < 4.78 is 6.74. The molecule has 4 aromatic rings. The summed E-state index contributed by atoms with van der Waals surface area (Å²) in [5.41, 5.74) is 1.87. The van der Waals surface area contributed by atoms with Crippen LogP contribution in [0.1, 0.15) is 24.2 Å². The minimum absolute atomic E-state index is 0.0555. The Bertz CT molecular complexity index is 1440. The first-order valence-corrected chi connectivity index (χ1v) is 12.7. The van der Waals surface area contributed by atoms with E-state index in [1.807, 2.05) is 19.1 Å². The van der Waals surface area contributed by atoms with Crippen molar-refractivity contribution in [3.8, 4) is 0 Å². The number of thioether (sulfide) groups is 1. The topological polar surface area (TPSA) is 106 Å². The molecule has 0 bridgehead atoms. The van der Waals surface area contributed by atoms with Gasteiger partial charge >= 0.3 is 0 Å². The molecular formula is C26H25ClN4O4S. The van der Waals surface area contributed by atoms with E-state index < -0.39 is 0 Å². The predicted molar refractivity (Wildman–Crippen MR) is 141 cm³/mol. The molecule has 0 aliphatic carbocycles. The zero-order valence-electron chi connectivity index (χ0n) is 19.6. The number of halogens is 1. The number of nitrogens with one attached hydrogen (secondary N) is 2. The van der Waals surface area contributed by atoms with Gasteiger partial charge in [-0.3, -0.25) is 19.0 Å². The van der Waals surface area contributed by atoms with Crippen LogP contribution in [0.4, 0.5) is 5.69 Å². The summed E-state index contributed by atoms with van der Waals surface area (Å²) >= 11 is 7.31. The molecule has 0 spiro atoms. The zero-order valence-corrected chi connectivity index (χ0v) is 21.2. The predicted octanol–water partition coefficient (Wildman–Crippen LogP) is 4.78. The summed E-state index contributed by atoms with van der Waals surface area (Å²) in [5, 5.41) is 7.09. The maximum Gasteiger partial charge on any atom is 0.262 e. The van der Waals surface area contributed by atoms with Gasteiger partial charge in [-0.1, -0.05) is 41.6 Å². The Morgan fingerprint density at radius 2 is 1.94 bits per heavy atom. The summed E-state index contributed by atoms with van der Waals surface area (Å²) in [6.45, 7) is 2.49. The molecule has 0 unspecified atom stereocenters. The fourth-order valence-electron chi connectivity index (χ4n) is 3.54. The van der Waals surface area contributed by atoms with Gasteiger partial charge in [0.05, 0.1) is 29.5 Å².